The third kappa shape index (κ3) is 5.54. The van der Waals surface area contributed by atoms with Crippen molar-refractivity contribution in [1.82, 2.24) is 15.5 Å². The van der Waals surface area contributed by atoms with Gasteiger partial charge in [-0.3, -0.25) is 4.79 Å². The Morgan fingerprint density at radius 2 is 1.76 bits per heavy atom. The van der Waals surface area contributed by atoms with E-state index in [1.807, 2.05) is 25.1 Å². The number of hydrogen-bond donors (Lipinski definition) is 3. The summed E-state index contributed by atoms with van der Waals surface area (Å²) in [6.07, 6.45) is 2.14. The van der Waals surface area contributed by atoms with Crippen LogP contribution in [0.2, 0.25) is 0 Å². The van der Waals surface area contributed by atoms with Crippen molar-refractivity contribution >= 4 is 17.7 Å². The molecule has 7 heteroatoms. The van der Waals surface area contributed by atoms with Gasteiger partial charge < -0.3 is 25.5 Å². The lowest BCUT2D eigenvalue weighted by molar-refractivity contribution is -0.117. The Morgan fingerprint density at radius 3 is 2.42 bits per heavy atom. The molecule has 1 saturated heterocycles. The van der Waals surface area contributed by atoms with Gasteiger partial charge in [0, 0.05) is 38.3 Å². The van der Waals surface area contributed by atoms with Crippen LogP contribution in [0.1, 0.15) is 50.3 Å². The second kappa shape index (κ2) is 10.4. The molecule has 176 valence electrons. The van der Waals surface area contributed by atoms with Crippen molar-refractivity contribution in [2.45, 2.75) is 51.7 Å². The lowest BCUT2D eigenvalue weighted by Gasteiger charge is -2.39. The predicted molar refractivity (Wildman–Crippen MR) is 130 cm³/mol. The van der Waals surface area contributed by atoms with Gasteiger partial charge >= 0.3 is 6.09 Å². The molecule has 0 bridgehead atoms. The molecule has 33 heavy (non-hydrogen) atoms. The van der Waals surface area contributed by atoms with E-state index >= 15 is 0 Å². The van der Waals surface area contributed by atoms with Gasteiger partial charge in [-0.2, -0.15) is 0 Å². The molecule has 4 rings (SSSR count). The van der Waals surface area contributed by atoms with Crippen LogP contribution in [0.5, 0.6) is 0 Å². The molecule has 3 N–H and O–H groups in total. The maximum atomic E-state index is 12.3. The van der Waals surface area contributed by atoms with Crippen LogP contribution in [0.25, 0.3) is 11.1 Å². The van der Waals surface area contributed by atoms with Crippen LogP contribution in [0.15, 0.2) is 42.5 Å². The zero-order valence-electron chi connectivity index (χ0n) is 19.5. The van der Waals surface area contributed by atoms with Gasteiger partial charge in [0.15, 0.2) is 0 Å². The Bertz CT molecular complexity index is 986. The molecule has 0 aromatic heterocycles. The van der Waals surface area contributed by atoms with Crippen LogP contribution in [0, 0.1) is 0 Å². The van der Waals surface area contributed by atoms with Crippen molar-refractivity contribution in [1.29, 1.82) is 0 Å². The summed E-state index contributed by atoms with van der Waals surface area (Å²) < 4.78 is 0. The van der Waals surface area contributed by atoms with Crippen molar-refractivity contribution in [2.75, 3.05) is 31.1 Å². The normalized spacial score (nSPS) is 20.5. The number of benzene rings is 2. The van der Waals surface area contributed by atoms with E-state index in [0.29, 0.717) is 6.42 Å². The van der Waals surface area contributed by atoms with Gasteiger partial charge in [-0.25, -0.2) is 4.79 Å². The minimum absolute atomic E-state index is 0.0353. The van der Waals surface area contributed by atoms with Crippen LogP contribution in [0.4, 0.5) is 10.5 Å². The molecule has 0 unspecified atom stereocenters. The summed E-state index contributed by atoms with van der Waals surface area (Å²) in [5.74, 6) is -0.0353. The van der Waals surface area contributed by atoms with Crippen LogP contribution in [-0.2, 0) is 11.3 Å². The number of rotatable bonds is 7. The zero-order valence-corrected chi connectivity index (χ0v) is 19.5. The molecule has 0 saturated carbocycles. The molecule has 0 aliphatic carbocycles. The first-order valence-electron chi connectivity index (χ1n) is 11.9. The molecule has 2 heterocycles. The fraction of sp³-hybridized carbons (Fsp3) is 0.462. The summed E-state index contributed by atoms with van der Waals surface area (Å²) >= 11 is 0. The second-order valence-electron chi connectivity index (χ2n) is 9.17. The van der Waals surface area contributed by atoms with Crippen molar-refractivity contribution in [2.24, 2.45) is 0 Å². The lowest BCUT2D eigenvalue weighted by Crippen LogP contribution is -2.45. The van der Waals surface area contributed by atoms with Gasteiger partial charge in [0.25, 0.3) is 0 Å². The number of carboxylic acid groups (broad SMARTS) is 1. The van der Waals surface area contributed by atoms with Crippen LogP contribution < -0.4 is 15.5 Å². The average molecular weight is 451 g/mol. The van der Waals surface area contributed by atoms with Crippen LogP contribution in [-0.4, -0.2) is 54.2 Å². The van der Waals surface area contributed by atoms with Crippen LogP contribution >= 0.6 is 0 Å². The Hall–Kier alpha value is -2.90. The van der Waals surface area contributed by atoms with Gasteiger partial charge in [-0.05, 0) is 73.7 Å². The maximum Gasteiger partial charge on any atom is 0.405 e. The number of hydrogen-bond acceptors (Lipinski definition) is 4. The largest absolute Gasteiger partial charge is 0.465 e. The fourth-order valence-corrected chi connectivity index (χ4v) is 5.10. The van der Waals surface area contributed by atoms with E-state index in [4.69, 9.17) is 0 Å². The summed E-state index contributed by atoms with van der Waals surface area (Å²) in [4.78, 5) is 27.9. The highest BCUT2D eigenvalue weighted by Crippen LogP contribution is 2.39. The molecule has 2 aromatic carbocycles. The van der Waals surface area contributed by atoms with Gasteiger partial charge in [-0.15, -0.1) is 0 Å². The van der Waals surface area contributed by atoms with E-state index in [1.165, 1.54) is 31.5 Å². The lowest BCUT2D eigenvalue weighted by atomic mass is 9.89. The molecular weight excluding hydrogens is 416 g/mol. The number of anilines is 1. The molecule has 2 amide bonds. The maximum absolute atomic E-state index is 12.3. The average Bonchev–Trinajstić information content (AvgIpc) is 3.30. The number of nitrogens with one attached hydrogen (secondary N) is 2. The zero-order chi connectivity index (χ0) is 23.4. The third-order valence-electron chi connectivity index (χ3n) is 6.74. The van der Waals surface area contributed by atoms with E-state index in [0.717, 1.165) is 42.0 Å². The number of carbonyl (C=O) groups is 2. The number of carbonyl (C=O) groups excluding carboxylic acids is 1. The highest BCUT2D eigenvalue weighted by atomic mass is 16.4. The summed E-state index contributed by atoms with van der Waals surface area (Å²) in [6, 6.07) is 14.0. The molecule has 1 fully saturated rings. The van der Waals surface area contributed by atoms with Gasteiger partial charge in [0.2, 0.25) is 5.91 Å². The van der Waals surface area contributed by atoms with Crippen molar-refractivity contribution in [3.05, 3.63) is 53.6 Å². The molecular formula is C26H34N4O3. The highest BCUT2D eigenvalue weighted by Gasteiger charge is 2.33. The Balaban J connectivity index is 1.47. The topological polar surface area (TPSA) is 84.9 Å². The molecule has 2 aliphatic heterocycles. The Kier molecular flexibility index (Phi) is 7.30. The Morgan fingerprint density at radius 1 is 1.06 bits per heavy atom. The summed E-state index contributed by atoms with van der Waals surface area (Å²) in [5, 5.41) is 15.5. The SMILES string of the molecule is CC(=O)N1c2ccc(-c3ccc(CNCCN4CCCC4)cc3)cc2[C@@H](NC(=O)O)C[C@H]1C. The predicted octanol–water partition coefficient (Wildman–Crippen LogP) is 3.99. The van der Waals surface area contributed by atoms with Gasteiger partial charge in [-0.1, -0.05) is 30.3 Å². The number of fused-ring (bicyclic) bond motifs is 1. The quantitative estimate of drug-likeness (QED) is 0.556. The summed E-state index contributed by atoms with van der Waals surface area (Å²) in [6.45, 7) is 8.90. The minimum atomic E-state index is -1.05. The van der Waals surface area contributed by atoms with E-state index in [9.17, 15) is 14.7 Å². The monoisotopic (exact) mass is 450 g/mol. The van der Waals surface area contributed by atoms with Crippen LogP contribution in [0.3, 0.4) is 0 Å². The molecule has 0 spiro atoms. The van der Waals surface area contributed by atoms with E-state index in [2.05, 4.69) is 39.8 Å². The van der Waals surface area contributed by atoms with E-state index in [-0.39, 0.29) is 18.0 Å². The van der Waals surface area contributed by atoms with E-state index < -0.39 is 6.09 Å². The first-order valence-corrected chi connectivity index (χ1v) is 11.9. The number of amides is 2. The first kappa shape index (κ1) is 23.3. The minimum Gasteiger partial charge on any atom is -0.465 e. The smallest absolute Gasteiger partial charge is 0.405 e. The van der Waals surface area contributed by atoms with Crippen molar-refractivity contribution < 1.29 is 14.7 Å². The van der Waals surface area contributed by atoms with E-state index in [1.54, 1.807) is 11.8 Å². The summed E-state index contributed by atoms with van der Waals surface area (Å²) in [5.41, 5.74) is 4.94. The first-order chi connectivity index (χ1) is 15.9. The standard InChI is InChI=1S/C26H34N4O3/c1-18-15-24(28-26(32)33)23-16-22(9-10-25(23)30(18)19(2)31)21-7-5-20(6-8-21)17-27-11-14-29-12-3-4-13-29/h5-10,16,18,24,27-28H,3-4,11-15,17H2,1-2H3,(H,32,33)/t18-,24+/m1/s1. The Labute approximate surface area is 195 Å². The molecule has 2 aliphatic rings. The summed E-state index contributed by atoms with van der Waals surface area (Å²) in [7, 11) is 0. The molecule has 7 nitrogen and oxygen atoms in total. The molecule has 2 atom stereocenters. The third-order valence-corrected chi connectivity index (χ3v) is 6.74. The number of nitrogens with zero attached hydrogens (tertiary/aromatic N) is 2. The second-order valence-corrected chi connectivity index (χ2v) is 9.17. The van der Waals surface area contributed by atoms with Gasteiger partial charge in [0.1, 0.15) is 0 Å². The van der Waals surface area contributed by atoms with Crippen molar-refractivity contribution in [3.63, 3.8) is 0 Å². The molecule has 2 aromatic rings. The highest BCUT2D eigenvalue weighted by molar-refractivity contribution is 5.94. The fourth-order valence-electron chi connectivity index (χ4n) is 5.10. The van der Waals surface area contributed by atoms with Crippen molar-refractivity contribution in [3.8, 4) is 11.1 Å². The molecule has 0 radical (unpaired) electrons. The number of likely N-dealkylation sites (tertiary alicyclic amines) is 1. The van der Waals surface area contributed by atoms with Gasteiger partial charge in [0.05, 0.1) is 6.04 Å².